The van der Waals surface area contributed by atoms with Gasteiger partial charge in [-0.05, 0) is 0 Å². The molecule has 13 heavy (non-hydrogen) atoms. The van der Waals surface area contributed by atoms with Crippen LogP contribution in [-0.4, -0.2) is 26.4 Å². The van der Waals surface area contributed by atoms with Gasteiger partial charge in [-0.15, -0.1) is 26.4 Å². The van der Waals surface area contributed by atoms with Crippen LogP contribution in [0.15, 0.2) is 0 Å². The summed E-state index contributed by atoms with van der Waals surface area (Å²) in [5.41, 5.74) is 0. The van der Waals surface area contributed by atoms with E-state index in [0.29, 0.717) is 0 Å². The van der Waals surface area contributed by atoms with Gasteiger partial charge in [-0.3, -0.25) is 0 Å². The van der Waals surface area contributed by atoms with Crippen LogP contribution >= 0.6 is 0 Å². The van der Waals surface area contributed by atoms with Crippen LogP contribution in [0.25, 0.3) is 0 Å². The summed E-state index contributed by atoms with van der Waals surface area (Å²) in [5, 5.41) is 35.7. The molecule has 0 aliphatic rings. The van der Waals surface area contributed by atoms with Crippen molar-refractivity contribution in [2.75, 3.05) is 26.4 Å². The SMILES string of the molecule is CC[O-].CC[O-].CC[O-].CC[O-].[Mn]. The second-order valence-corrected chi connectivity index (χ2v) is 1.15. The van der Waals surface area contributed by atoms with Crippen LogP contribution in [0.5, 0.6) is 0 Å². The predicted molar refractivity (Wildman–Crippen MR) is 42.2 cm³/mol. The second kappa shape index (κ2) is 83.9. The molecule has 0 fully saturated rings. The van der Waals surface area contributed by atoms with Crippen molar-refractivity contribution in [3.63, 3.8) is 0 Å². The molecule has 0 amide bonds. The van der Waals surface area contributed by atoms with E-state index in [9.17, 15) is 0 Å². The molecule has 0 rings (SSSR count). The van der Waals surface area contributed by atoms with Gasteiger partial charge in [-0.25, -0.2) is 0 Å². The fourth-order valence-corrected chi connectivity index (χ4v) is 0. The molecule has 0 bridgehead atoms. The van der Waals surface area contributed by atoms with Crippen LogP contribution in [0.3, 0.4) is 0 Å². The Morgan fingerprint density at radius 3 is 0.538 bits per heavy atom. The molecule has 0 aromatic heterocycles. The molecule has 0 aliphatic heterocycles. The molecule has 0 atom stereocenters. The van der Waals surface area contributed by atoms with Gasteiger partial charge in [0.05, 0.1) is 0 Å². The maximum absolute atomic E-state index is 8.93. The minimum Gasteiger partial charge on any atom is -0.855 e. The van der Waals surface area contributed by atoms with Crippen molar-refractivity contribution in [3.8, 4) is 0 Å². The van der Waals surface area contributed by atoms with E-state index < -0.39 is 0 Å². The maximum Gasteiger partial charge on any atom is 0 e. The van der Waals surface area contributed by atoms with Gasteiger partial charge in [0.1, 0.15) is 0 Å². The molecule has 0 aromatic rings. The van der Waals surface area contributed by atoms with Gasteiger partial charge in [0.2, 0.25) is 0 Å². The Bertz CT molecular complexity index is 24.1. The molecule has 0 unspecified atom stereocenters. The third kappa shape index (κ3) is 10300. The Kier molecular flexibility index (Phi) is 189. The monoisotopic (exact) mass is 235 g/mol. The smallest absolute Gasteiger partial charge is 0 e. The third-order valence-electron chi connectivity index (χ3n) is 0. The van der Waals surface area contributed by atoms with E-state index in [2.05, 4.69) is 0 Å². The Morgan fingerprint density at radius 2 is 0.538 bits per heavy atom. The first kappa shape index (κ1) is 29.2. The standard InChI is InChI=1S/4C2H5O.Mn/c4*1-2-3;/h4*2H2,1H3;/q4*-1;. The first-order valence-electron chi connectivity index (χ1n) is 3.98. The molecular formula is C8H20MnO4-4. The number of hydrogen-bond acceptors (Lipinski definition) is 4. The van der Waals surface area contributed by atoms with Crippen LogP contribution in [0.4, 0.5) is 0 Å². The average Bonchev–Trinajstić information content (AvgIpc) is 1.92. The van der Waals surface area contributed by atoms with Gasteiger partial charge < -0.3 is 20.4 Å². The number of rotatable bonds is 0. The zero-order chi connectivity index (χ0) is 10.8. The second-order valence-electron chi connectivity index (χ2n) is 1.15. The van der Waals surface area contributed by atoms with Crippen LogP contribution < -0.4 is 20.4 Å². The molecular weight excluding hydrogens is 215 g/mol. The Labute approximate surface area is 92.1 Å². The van der Waals surface area contributed by atoms with Crippen molar-refractivity contribution >= 4 is 0 Å². The predicted octanol–water partition coefficient (Wildman–Crippen LogP) is -2.54. The fourth-order valence-electron chi connectivity index (χ4n) is 0. The normalized spacial score (nSPS) is 5.54. The summed E-state index contributed by atoms with van der Waals surface area (Å²) >= 11 is 0. The van der Waals surface area contributed by atoms with E-state index in [1.807, 2.05) is 0 Å². The van der Waals surface area contributed by atoms with E-state index in [1.165, 1.54) is 0 Å². The molecule has 0 aromatic carbocycles. The van der Waals surface area contributed by atoms with Gasteiger partial charge in [-0.2, -0.15) is 0 Å². The molecule has 0 spiro atoms. The molecule has 4 nitrogen and oxygen atoms in total. The molecule has 0 N–H and O–H groups in total. The van der Waals surface area contributed by atoms with Gasteiger partial charge in [0, 0.05) is 17.1 Å². The van der Waals surface area contributed by atoms with E-state index in [4.69, 9.17) is 20.4 Å². The molecule has 0 heterocycles. The van der Waals surface area contributed by atoms with Crippen LogP contribution in [0.2, 0.25) is 0 Å². The Morgan fingerprint density at radius 1 is 0.538 bits per heavy atom. The quantitative estimate of drug-likeness (QED) is 0.432. The van der Waals surface area contributed by atoms with Crippen LogP contribution in [-0.2, 0) is 17.1 Å². The summed E-state index contributed by atoms with van der Waals surface area (Å²) in [5.74, 6) is 0. The largest absolute Gasteiger partial charge is 0.855 e. The first-order chi connectivity index (χ1) is 5.66. The van der Waals surface area contributed by atoms with Crippen molar-refractivity contribution < 1.29 is 37.5 Å². The van der Waals surface area contributed by atoms with E-state index in [-0.39, 0.29) is 43.5 Å². The maximum atomic E-state index is 8.93. The van der Waals surface area contributed by atoms with Gasteiger partial charge in [0.15, 0.2) is 0 Å². The summed E-state index contributed by atoms with van der Waals surface area (Å²) in [6.45, 7) is 6.28. The van der Waals surface area contributed by atoms with Crippen molar-refractivity contribution in [2.45, 2.75) is 27.7 Å². The van der Waals surface area contributed by atoms with Crippen molar-refractivity contribution in [1.82, 2.24) is 0 Å². The van der Waals surface area contributed by atoms with E-state index in [0.717, 1.165) is 0 Å². The Hall–Kier alpha value is 0.359. The minimum absolute atomic E-state index is 0. The average molecular weight is 235 g/mol. The van der Waals surface area contributed by atoms with Crippen molar-refractivity contribution in [3.05, 3.63) is 0 Å². The summed E-state index contributed by atoms with van der Waals surface area (Å²) in [6.07, 6.45) is 0. The zero-order valence-electron chi connectivity index (χ0n) is 8.84. The van der Waals surface area contributed by atoms with Crippen LogP contribution in [0.1, 0.15) is 27.7 Å². The zero-order valence-corrected chi connectivity index (χ0v) is 10.0. The summed E-state index contributed by atoms with van der Waals surface area (Å²) in [7, 11) is 0. The topological polar surface area (TPSA) is 92.2 Å². The van der Waals surface area contributed by atoms with E-state index >= 15 is 0 Å². The molecule has 0 aliphatic carbocycles. The van der Waals surface area contributed by atoms with E-state index in [1.54, 1.807) is 27.7 Å². The van der Waals surface area contributed by atoms with Gasteiger partial charge >= 0.3 is 0 Å². The molecule has 0 saturated heterocycles. The Balaban J connectivity index is -0.0000000213. The van der Waals surface area contributed by atoms with Crippen LogP contribution in [0, 0.1) is 0 Å². The summed E-state index contributed by atoms with van der Waals surface area (Å²) < 4.78 is 0. The molecule has 87 valence electrons. The molecule has 0 saturated carbocycles. The first-order valence-corrected chi connectivity index (χ1v) is 3.98. The fraction of sp³-hybridized carbons (Fsp3) is 1.00. The minimum atomic E-state index is 0. The third-order valence-corrected chi connectivity index (χ3v) is 0. The molecule has 1 radical (unpaired) electrons. The van der Waals surface area contributed by atoms with Gasteiger partial charge in [0.25, 0.3) is 0 Å². The van der Waals surface area contributed by atoms with Gasteiger partial charge in [-0.1, -0.05) is 27.7 Å². The summed E-state index contributed by atoms with van der Waals surface area (Å²) in [4.78, 5) is 0. The number of hydrogen-bond donors (Lipinski definition) is 0. The van der Waals surface area contributed by atoms with Crippen molar-refractivity contribution in [2.24, 2.45) is 0 Å². The molecule has 5 heteroatoms. The summed E-state index contributed by atoms with van der Waals surface area (Å²) in [6, 6.07) is 0. The van der Waals surface area contributed by atoms with Crippen molar-refractivity contribution in [1.29, 1.82) is 0 Å².